The zero-order valence-corrected chi connectivity index (χ0v) is 20.3. The molecule has 0 amide bonds. The number of benzene rings is 2. The van der Waals surface area contributed by atoms with Crippen LogP contribution in [0.15, 0.2) is 77.8 Å². The molecule has 1 saturated heterocycles. The smallest absolute Gasteiger partial charge is 0.243 e. The Morgan fingerprint density at radius 2 is 1.59 bits per heavy atom. The minimum absolute atomic E-state index is 0.363. The Hall–Kier alpha value is -3.07. The molecule has 1 aliphatic heterocycles. The Labute approximate surface area is 200 Å². The van der Waals surface area contributed by atoms with E-state index in [0.29, 0.717) is 43.5 Å². The molecule has 0 aliphatic carbocycles. The normalized spacial score (nSPS) is 15.9. The third-order valence-corrected chi connectivity index (χ3v) is 8.29. The summed E-state index contributed by atoms with van der Waals surface area (Å²) in [5, 5.41) is 0. The molecule has 4 aromatic rings. The number of hydrogen-bond acceptors (Lipinski definition) is 5. The lowest BCUT2D eigenvalue weighted by Crippen LogP contribution is -2.48. The van der Waals surface area contributed by atoms with Crippen LogP contribution in [-0.2, 0) is 16.6 Å². The fourth-order valence-corrected chi connectivity index (χ4v) is 5.84. The van der Waals surface area contributed by atoms with Gasteiger partial charge in [-0.3, -0.25) is 9.47 Å². The van der Waals surface area contributed by atoms with E-state index < -0.39 is 10.0 Å². The molecular formula is C26H29N5O2S. The van der Waals surface area contributed by atoms with Gasteiger partial charge in [0.05, 0.1) is 11.4 Å². The zero-order chi connectivity index (χ0) is 23.7. The third kappa shape index (κ3) is 4.36. The Bertz CT molecular complexity index is 1370. The maximum absolute atomic E-state index is 13.2. The van der Waals surface area contributed by atoms with Gasteiger partial charge in [0.25, 0.3) is 0 Å². The van der Waals surface area contributed by atoms with Crippen LogP contribution in [0.1, 0.15) is 31.2 Å². The average molecular weight is 476 g/mol. The van der Waals surface area contributed by atoms with Crippen molar-refractivity contribution in [3.05, 3.63) is 84.3 Å². The molecular weight excluding hydrogens is 446 g/mol. The van der Waals surface area contributed by atoms with Gasteiger partial charge in [0.1, 0.15) is 11.3 Å². The molecule has 5 rings (SSSR count). The topological polar surface area (TPSA) is 71.3 Å². The highest BCUT2D eigenvalue weighted by Gasteiger charge is 2.29. The van der Waals surface area contributed by atoms with E-state index in [1.54, 1.807) is 22.6 Å². The number of hydrogen-bond donors (Lipinski definition) is 0. The Kier molecular flexibility index (Phi) is 6.20. The number of pyridine rings is 1. The van der Waals surface area contributed by atoms with Crippen molar-refractivity contribution in [3.8, 4) is 5.69 Å². The van der Waals surface area contributed by atoms with Gasteiger partial charge in [-0.1, -0.05) is 44.2 Å². The standard InChI is InChI=1S/C26H29N5O2S/c1-20(2)21-10-12-23(13-11-21)34(32,33)30-17-15-29(16-18-30)19-25-28-24-9-6-14-27-26(24)31(25)22-7-4-3-5-8-22/h3-14,20H,15-19H2,1-2H3. The van der Waals surface area contributed by atoms with Gasteiger partial charge >= 0.3 is 0 Å². The van der Waals surface area contributed by atoms with Gasteiger partial charge in [-0.15, -0.1) is 0 Å². The predicted molar refractivity (Wildman–Crippen MR) is 133 cm³/mol. The van der Waals surface area contributed by atoms with Crippen LogP contribution in [0.3, 0.4) is 0 Å². The highest BCUT2D eigenvalue weighted by Crippen LogP contribution is 2.24. The van der Waals surface area contributed by atoms with Crippen molar-refractivity contribution in [2.24, 2.45) is 0 Å². The van der Waals surface area contributed by atoms with E-state index in [2.05, 4.69) is 28.3 Å². The molecule has 1 aliphatic rings. The van der Waals surface area contributed by atoms with Crippen LogP contribution in [0.2, 0.25) is 0 Å². The van der Waals surface area contributed by atoms with Crippen LogP contribution in [0, 0.1) is 0 Å². The maximum atomic E-state index is 13.2. The van der Waals surface area contributed by atoms with Gasteiger partial charge in [-0.25, -0.2) is 18.4 Å². The fourth-order valence-electron chi connectivity index (χ4n) is 4.42. The summed E-state index contributed by atoms with van der Waals surface area (Å²) in [6.07, 6.45) is 1.78. The summed E-state index contributed by atoms with van der Waals surface area (Å²) in [7, 11) is -3.50. The number of fused-ring (bicyclic) bond motifs is 1. The van der Waals surface area contributed by atoms with Crippen molar-refractivity contribution in [1.82, 2.24) is 23.7 Å². The summed E-state index contributed by atoms with van der Waals surface area (Å²) in [6, 6.07) is 21.3. The van der Waals surface area contributed by atoms with Gasteiger partial charge < -0.3 is 0 Å². The summed E-state index contributed by atoms with van der Waals surface area (Å²) < 4.78 is 30.0. The van der Waals surface area contributed by atoms with Crippen molar-refractivity contribution in [2.75, 3.05) is 26.2 Å². The quantitative estimate of drug-likeness (QED) is 0.421. The van der Waals surface area contributed by atoms with Gasteiger partial charge in [-0.05, 0) is 47.9 Å². The Morgan fingerprint density at radius 3 is 2.26 bits per heavy atom. The molecule has 1 fully saturated rings. The lowest BCUT2D eigenvalue weighted by atomic mass is 10.0. The van der Waals surface area contributed by atoms with E-state index in [1.165, 1.54) is 0 Å². The number of piperazine rings is 1. The molecule has 0 atom stereocenters. The second-order valence-corrected chi connectivity index (χ2v) is 10.9. The highest BCUT2D eigenvalue weighted by atomic mass is 32.2. The molecule has 2 aromatic carbocycles. The number of rotatable bonds is 6. The molecule has 0 radical (unpaired) electrons. The van der Waals surface area contributed by atoms with Crippen molar-refractivity contribution < 1.29 is 8.42 Å². The monoisotopic (exact) mass is 475 g/mol. The molecule has 176 valence electrons. The molecule has 0 unspecified atom stereocenters. The lowest BCUT2D eigenvalue weighted by Gasteiger charge is -2.33. The molecule has 2 aromatic heterocycles. The number of sulfonamides is 1. The van der Waals surface area contributed by atoms with Crippen LogP contribution in [-0.4, -0.2) is 58.3 Å². The minimum atomic E-state index is -3.50. The SMILES string of the molecule is CC(C)c1ccc(S(=O)(=O)N2CCN(Cc3nc4cccnc4n3-c3ccccc3)CC2)cc1. The first-order valence-electron chi connectivity index (χ1n) is 11.6. The van der Waals surface area contributed by atoms with E-state index >= 15 is 0 Å². The number of aromatic nitrogens is 3. The first-order valence-corrected chi connectivity index (χ1v) is 13.1. The van der Waals surface area contributed by atoms with Crippen LogP contribution in [0.25, 0.3) is 16.9 Å². The van der Waals surface area contributed by atoms with Crippen molar-refractivity contribution in [3.63, 3.8) is 0 Å². The van der Waals surface area contributed by atoms with Crippen LogP contribution < -0.4 is 0 Å². The summed E-state index contributed by atoms with van der Waals surface area (Å²) in [5.74, 6) is 1.27. The third-order valence-electron chi connectivity index (χ3n) is 6.38. The first kappa shape index (κ1) is 22.7. The average Bonchev–Trinajstić information content (AvgIpc) is 3.22. The highest BCUT2D eigenvalue weighted by molar-refractivity contribution is 7.89. The van der Waals surface area contributed by atoms with E-state index in [0.717, 1.165) is 28.2 Å². The van der Waals surface area contributed by atoms with Crippen LogP contribution >= 0.6 is 0 Å². The molecule has 34 heavy (non-hydrogen) atoms. The Morgan fingerprint density at radius 1 is 0.882 bits per heavy atom. The zero-order valence-electron chi connectivity index (χ0n) is 19.5. The number of para-hydroxylation sites is 1. The predicted octanol–water partition coefficient (Wildman–Crippen LogP) is 4.05. The molecule has 7 nitrogen and oxygen atoms in total. The van der Waals surface area contributed by atoms with Crippen LogP contribution in [0.5, 0.6) is 0 Å². The van der Waals surface area contributed by atoms with Crippen molar-refractivity contribution in [2.45, 2.75) is 31.2 Å². The van der Waals surface area contributed by atoms with Gasteiger partial charge in [-0.2, -0.15) is 4.31 Å². The van der Waals surface area contributed by atoms with Gasteiger partial charge in [0.2, 0.25) is 10.0 Å². The van der Waals surface area contributed by atoms with E-state index in [-0.39, 0.29) is 0 Å². The lowest BCUT2D eigenvalue weighted by molar-refractivity contribution is 0.177. The van der Waals surface area contributed by atoms with E-state index in [4.69, 9.17) is 4.98 Å². The number of imidazole rings is 1. The summed E-state index contributed by atoms with van der Waals surface area (Å²) in [5.41, 5.74) is 3.84. The second-order valence-electron chi connectivity index (χ2n) is 8.95. The largest absolute Gasteiger partial charge is 0.293 e. The molecule has 3 heterocycles. The fraction of sp³-hybridized carbons (Fsp3) is 0.308. The van der Waals surface area contributed by atoms with E-state index in [1.807, 2.05) is 54.6 Å². The molecule has 0 bridgehead atoms. The van der Waals surface area contributed by atoms with Crippen molar-refractivity contribution in [1.29, 1.82) is 0 Å². The Balaban J connectivity index is 1.33. The molecule has 0 saturated carbocycles. The first-order chi connectivity index (χ1) is 16.4. The number of nitrogens with zero attached hydrogens (tertiary/aromatic N) is 5. The minimum Gasteiger partial charge on any atom is -0.293 e. The summed E-state index contributed by atoms with van der Waals surface area (Å²) in [4.78, 5) is 12.0. The molecule has 0 spiro atoms. The summed E-state index contributed by atoms with van der Waals surface area (Å²) in [6.45, 7) is 7.04. The molecule has 8 heteroatoms. The maximum Gasteiger partial charge on any atom is 0.243 e. The summed E-state index contributed by atoms with van der Waals surface area (Å²) >= 11 is 0. The second kappa shape index (κ2) is 9.29. The van der Waals surface area contributed by atoms with Gasteiger partial charge in [0.15, 0.2) is 5.65 Å². The van der Waals surface area contributed by atoms with Crippen molar-refractivity contribution >= 4 is 21.2 Å². The van der Waals surface area contributed by atoms with E-state index in [9.17, 15) is 8.42 Å². The molecule has 0 N–H and O–H groups in total. The van der Waals surface area contributed by atoms with Gasteiger partial charge in [0, 0.05) is 38.1 Å². The van der Waals surface area contributed by atoms with Crippen LogP contribution in [0.4, 0.5) is 0 Å².